The number of hydrogen-bond donors (Lipinski definition) is 2. The molecular weight excluding hydrogens is 332 g/mol. The molecular formula is C17H27ClN2O4. The Morgan fingerprint density at radius 3 is 2.83 bits per heavy atom. The molecule has 1 aromatic rings. The van der Waals surface area contributed by atoms with Crippen molar-refractivity contribution in [1.29, 1.82) is 0 Å². The second-order valence-electron chi connectivity index (χ2n) is 5.68. The highest BCUT2D eigenvalue weighted by atomic mass is 35.5. The molecule has 1 atom stereocenters. The number of rotatable bonds is 8. The van der Waals surface area contributed by atoms with E-state index >= 15 is 0 Å². The van der Waals surface area contributed by atoms with Gasteiger partial charge >= 0.3 is 0 Å². The van der Waals surface area contributed by atoms with Crippen LogP contribution in [0.15, 0.2) is 24.3 Å². The van der Waals surface area contributed by atoms with Gasteiger partial charge in [0.05, 0.1) is 12.6 Å². The summed E-state index contributed by atoms with van der Waals surface area (Å²) in [7, 11) is 1.64. The maximum atomic E-state index is 12.2. The lowest BCUT2D eigenvalue weighted by Crippen LogP contribution is -2.46. The van der Waals surface area contributed by atoms with Crippen LogP contribution in [0, 0.1) is 5.92 Å². The van der Waals surface area contributed by atoms with Gasteiger partial charge in [-0.15, -0.1) is 12.4 Å². The molecule has 1 aromatic carbocycles. The molecule has 2 rings (SSSR count). The predicted octanol–water partition coefficient (Wildman–Crippen LogP) is 1.50. The maximum Gasteiger partial charge on any atom is 0.237 e. The molecule has 0 aliphatic carbocycles. The zero-order valence-electron chi connectivity index (χ0n) is 14.0. The highest BCUT2D eigenvalue weighted by Gasteiger charge is 2.26. The highest BCUT2D eigenvalue weighted by molar-refractivity contribution is 5.85. The summed E-state index contributed by atoms with van der Waals surface area (Å²) in [5, 5.41) is 2.91. The van der Waals surface area contributed by atoms with E-state index in [1.54, 1.807) is 7.11 Å². The van der Waals surface area contributed by atoms with Crippen molar-refractivity contribution in [3.8, 4) is 5.75 Å². The third-order valence-corrected chi connectivity index (χ3v) is 4.00. The Morgan fingerprint density at radius 1 is 1.38 bits per heavy atom. The molecule has 0 saturated carbocycles. The van der Waals surface area contributed by atoms with Crippen LogP contribution in [0.2, 0.25) is 0 Å². The van der Waals surface area contributed by atoms with Crippen LogP contribution in [0.4, 0.5) is 0 Å². The van der Waals surface area contributed by atoms with Crippen LogP contribution in [0.25, 0.3) is 0 Å². The summed E-state index contributed by atoms with van der Waals surface area (Å²) < 4.78 is 15.8. The molecule has 24 heavy (non-hydrogen) atoms. The fourth-order valence-electron chi connectivity index (χ4n) is 2.58. The van der Waals surface area contributed by atoms with E-state index in [-0.39, 0.29) is 24.2 Å². The van der Waals surface area contributed by atoms with Gasteiger partial charge in [0.2, 0.25) is 5.91 Å². The molecule has 0 radical (unpaired) electrons. The number of carbonyl (C=O) groups excluding carboxylic acids is 1. The van der Waals surface area contributed by atoms with Crippen molar-refractivity contribution in [3.63, 3.8) is 0 Å². The van der Waals surface area contributed by atoms with Gasteiger partial charge in [-0.1, -0.05) is 12.1 Å². The topological polar surface area (TPSA) is 82.8 Å². The first-order chi connectivity index (χ1) is 11.2. The van der Waals surface area contributed by atoms with Gasteiger partial charge in [0, 0.05) is 26.9 Å². The first-order valence-corrected chi connectivity index (χ1v) is 8.02. The lowest BCUT2D eigenvalue weighted by atomic mass is 9.92. The molecule has 0 aromatic heterocycles. The smallest absolute Gasteiger partial charge is 0.237 e. The van der Waals surface area contributed by atoms with E-state index in [0.717, 1.165) is 24.2 Å². The van der Waals surface area contributed by atoms with Gasteiger partial charge in [-0.2, -0.15) is 0 Å². The normalized spacial score (nSPS) is 16.1. The lowest BCUT2D eigenvalue weighted by Gasteiger charge is -2.26. The van der Waals surface area contributed by atoms with Crippen LogP contribution in [-0.2, 0) is 20.8 Å². The molecule has 7 heteroatoms. The van der Waals surface area contributed by atoms with E-state index in [0.29, 0.717) is 33.0 Å². The minimum atomic E-state index is -0.472. The molecule has 0 bridgehead atoms. The van der Waals surface area contributed by atoms with E-state index < -0.39 is 6.04 Å². The monoisotopic (exact) mass is 358 g/mol. The van der Waals surface area contributed by atoms with Crippen molar-refractivity contribution in [2.45, 2.75) is 25.4 Å². The second-order valence-corrected chi connectivity index (χ2v) is 5.68. The third-order valence-electron chi connectivity index (χ3n) is 4.00. The van der Waals surface area contributed by atoms with Crippen LogP contribution in [0.1, 0.15) is 18.4 Å². The molecule has 6 nitrogen and oxygen atoms in total. The summed E-state index contributed by atoms with van der Waals surface area (Å²) in [5.74, 6) is 0.859. The standard InChI is InChI=1S/C17H26N2O4.ClH/c1-21-9-10-23-15-4-2-3-13(11-15)12-19-17(20)16(18)14-5-7-22-8-6-14;/h2-4,11,14,16H,5-10,12,18H2,1H3,(H,19,20);1H. The average Bonchev–Trinajstić information content (AvgIpc) is 2.60. The summed E-state index contributed by atoms with van der Waals surface area (Å²) in [6, 6.07) is 7.18. The number of carbonyl (C=O) groups is 1. The summed E-state index contributed by atoms with van der Waals surface area (Å²) >= 11 is 0. The molecule has 1 heterocycles. The van der Waals surface area contributed by atoms with E-state index in [9.17, 15) is 4.79 Å². The molecule has 1 amide bonds. The predicted molar refractivity (Wildman–Crippen MR) is 94.4 cm³/mol. The van der Waals surface area contributed by atoms with Crippen molar-refractivity contribution in [2.75, 3.05) is 33.5 Å². The maximum absolute atomic E-state index is 12.2. The molecule has 1 aliphatic rings. The Hall–Kier alpha value is -1.34. The number of halogens is 1. The van der Waals surface area contributed by atoms with Crippen LogP contribution >= 0.6 is 12.4 Å². The van der Waals surface area contributed by atoms with E-state index in [2.05, 4.69) is 5.32 Å². The molecule has 1 fully saturated rings. The molecule has 1 saturated heterocycles. The number of hydrogen-bond acceptors (Lipinski definition) is 5. The average molecular weight is 359 g/mol. The number of benzene rings is 1. The van der Waals surface area contributed by atoms with Crippen LogP contribution < -0.4 is 15.8 Å². The Balaban J connectivity index is 0.00000288. The zero-order chi connectivity index (χ0) is 16.5. The first kappa shape index (κ1) is 20.7. The minimum Gasteiger partial charge on any atom is -0.491 e. The number of nitrogens with one attached hydrogen (secondary N) is 1. The molecule has 136 valence electrons. The fraction of sp³-hybridized carbons (Fsp3) is 0.588. The van der Waals surface area contributed by atoms with Gasteiger partial charge in [-0.05, 0) is 36.5 Å². The first-order valence-electron chi connectivity index (χ1n) is 8.02. The highest BCUT2D eigenvalue weighted by Crippen LogP contribution is 2.18. The van der Waals surface area contributed by atoms with Gasteiger partial charge in [0.1, 0.15) is 12.4 Å². The van der Waals surface area contributed by atoms with Gasteiger partial charge in [0.25, 0.3) is 0 Å². The lowest BCUT2D eigenvalue weighted by molar-refractivity contribution is -0.124. The van der Waals surface area contributed by atoms with Crippen LogP contribution in [0.5, 0.6) is 5.75 Å². The molecule has 0 spiro atoms. The van der Waals surface area contributed by atoms with Crippen molar-refractivity contribution in [2.24, 2.45) is 11.7 Å². The van der Waals surface area contributed by atoms with Crippen molar-refractivity contribution >= 4 is 18.3 Å². The Morgan fingerprint density at radius 2 is 2.12 bits per heavy atom. The quantitative estimate of drug-likeness (QED) is 0.688. The van der Waals surface area contributed by atoms with Crippen molar-refractivity contribution in [1.82, 2.24) is 5.32 Å². The van der Waals surface area contributed by atoms with Crippen molar-refractivity contribution < 1.29 is 19.0 Å². The largest absolute Gasteiger partial charge is 0.491 e. The van der Waals surface area contributed by atoms with E-state index in [1.165, 1.54) is 0 Å². The summed E-state index contributed by atoms with van der Waals surface area (Å²) in [6.45, 7) is 2.86. The van der Waals surface area contributed by atoms with Gasteiger partial charge in [-0.3, -0.25) is 4.79 Å². The Kier molecular flexibility index (Phi) is 9.71. The Labute approximate surface area is 149 Å². The number of methoxy groups -OCH3 is 1. The van der Waals surface area contributed by atoms with Gasteiger partial charge < -0.3 is 25.3 Å². The van der Waals surface area contributed by atoms with Crippen molar-refractivity contribution in [3.05, 3.63) is 29.8 Å². The minimum absolute atomic E-state index is 0. The Bertz CT molecular complexity index is 495. The summed E-state index contributed by atoms with van der Waals surface area (Å²) in [5.41, 5.74) is 7.04. The molecule has 3 N–H and O–H groups in total. The number of ether oxygens (including phenoxy) is 3. The second kappa shape index (κ2) is 11.3. The van der Waals surface area contributed by atoms with E-state index in [1.807, 2.05) is 24.3 Å². The van der Waals surface area contributed by atoms with Crippen LogP contribution in [-0.4, -0.2) is 45.5 Å². The third kappa shape index (κ3) is 6.65. The summed E-state index contributed by atoms with van der Waals surface area (Å²) in [6.07, 6.45) is 1.69. The van der Waals surface area contributed by atoms with E-state index in [4.69, 9.17) is 19.9 Å². The molecule has 1 aliphatic heterocycles. The fourth-order valence-corrected chi connectivity index (χ4v) is 2.58. The summed E-state index contributed by atoms with van der Waals surface area (Å²) in [4.78, 5) is 12.2. The number of nitrogens with two attached hydrogens (primary N) is 1. The van der Waals surface area contributed by atoms with Crippen LogP contribution in [0.3, 0.4) is 0 Å². The SMILES string of the molecule is COCCOc1cccc(CNC(=O)C(N)C2CCOCC2)c1.Cl. The van der Waals surface area contributed by atoms with Gasteiger partial charge in [0.15, 0.2) is 0 Å². The number of amides is 1. The zero-order valence-corrected chi connectivity index (χ0v) is 14.8. The molecule has 1 unspecified atom stereocenters. The van der Waals surface area contributed by atoms with Gasteiger partial charge in [-0.25, -0.2) is 0 Å².